The summed E-state index contributed by atoms with van der Waals surface area (Å²) in [5, 5.41) is 23.9. The Kier molecular flexibility index (Phi) is 7.15. The van der Waals surface area contributed by atoms with E-state index in [2.05, 4.69) is 27.4 Å². The number of fused-ring (bicyclic) bond motifs is 2. The van der Waals surface area contributed by atoms with Crippen molar-refractivity contribution in [3.05, 3.63) is 53.5 Å². The number of hydrogen-bond donors (Lipinski definition) is 4. The van der Waals surface area contributed by atoms with Gasteiger partial charge in [0.15, 0.2) is 0 Å². The van der Waals surface area contributed by atoms with E-state index < -0.39 is 18.0 Å². The lowest BCUT2D eigenvalue weighted by Crippen LogP contribution is -2.53. The number of anilines is 1. The van der Waals surface area contributed by atoms with Gasteiger partial charge in [-0.15, -0.1) is 5.06 Å². The number of aromatic nitrogens is 3. The van der Waals surface area contributed by atoms with Crippen LogP contribution in [0.15, 0.2) is 36.7 Å². The van der Waals surface area contributed by atoms with Gasteiger partial charge in [0.1, 0.15) is 11.9 Å². The Morgan fingerprint density at radius 1 is 1.22 bits per heavy atom. The first kappa shape index (κ1) is 24.2. The van der Waals surface area contributed by atoms with Crippen LogP contribution in [0.2, 0.25) is 0 Å². The van der Waals surface area contributed by atoms with Crippen molar-refractivity contribution in [2.24, 2.45) is 5.92 Å². The zero-order valence-corrected chi connectivity index (χ0v) is 20.0. The largest absolute Gasteiger partial charge is 0.480 e. The van der Waals surface area contributed by atoms with Crippen LogP contribution in [0.1, 0.15) is 53.7 Å². The molecule has 1 fully saturated rings. The zero-order valence-electron chi connectivity index (χ0n) is 20.0. The maximum atomic E-state index is 13.1. The summed E-state index contributed by atoms with van der Waals surface area (Å²) in [5.74, 6) is -0.417. The standard InChI is InChI=1S/C26H31N5O5/c32-13-9-22(25(33)34)31(36-26(35)20-7-11-27-21-8-12-28-23(20)21)19-14-16(15-19)3-5-18-6-4-17-2-1-10-29-24(17)30-18/h4,6-8,11-12,16,19,22,28,32H,1-3,5,9-10,13-15H2,(H,29,30)(H,33,34)/t16?,19?,22-/m0/s1. The lowest BCUT2D eigenvalue weighted by molar-refractivity contribution is -0.204. The van der Waals surface area contributed by atoms with E-state index in [1.165, 1.54) is 16.8 Å². The highest BCUT2D eigenvalue weighted by Gasteiger charge is 2.42. The molecule has 0 saturated heterocycles. The number of aliphatic hydroxyl groups excluding tert-OH is 1. The number of carboxylic acid groups (broad SMARTS) is 1. The van der Waals surface area contributed by atoms with Crippen LogP contribution in [0.25, 0.3) is 11.0 Å². The van der Waals surface area contributed by atoms with Crippen LogP contribution >= 0.6 is 0 Å². The number of carbonyl (C=O) groups excluding carboxylic acids is 1. The number of hydrogen-bond acceptors (Lipinski definition) is 8. The molecule has 2 aliphatic rings. The molecule has 10 nitrogen and oxygen atoms in total. The van der Waals surface area contributed by atoms with E-state index in [0.29, 0.717) is 29.8 Å². The van der Waals surface area contributed by atoms with E-state index in [9.17, 15) is 19.8 Å². The van der Waals surface area contributed by atoms with Gasteiger partial charge in [0, 0.05) is 37.3 Å². The van der Waals surface area contributed by atoms with Crippen molar-refractivity contribution in [1.82, 2.24) is 20.0 Å². The molecule has 4 N–H and O–H groups in total. The minimum absolute atomic E-state index is 0.0376. The van der Waals surface area contributed by atoms with Gasteiger partial charge >= 0.3 is 11.9 Å². The molecule has 0 aromatic carbocycles. The molecule has 0 amide bonds. The molecule has 1 aliphatic heterocycles. The van der Waals surface area contributed by atoms with Crippen molar-refractivity contribution in [3.8, 4) is 0 Å². The molecule has 0 radical (unpaired) electrons. The third-order valence-corrected chi connectivity index (χ3v) is 7.18. The molecule has 1 saturated carbocycles. The summed E-state index contributed by atoms with van der Waals surface area (Å²) in [5.41, 5.74) is 3.75. The summed E-state index contributed by atoms with van der Waals surface area (Å²) in [6.07, 6.45) is 8.53. The second-order valence-corrected chi connectivity index (χ2v) is 9.57. The van der Waals surface area contributed by atoms with Gasteiger partial charge < -0.3 is 25.4 Å². The summed E-state index contributed by atoms with van der Waals surface area (Å²) in [7, 11) is 0. The van der Waals surface area contributed by atoms with Crippen LogP contribution in [-0.4, -0.2) is 67.4 Å². The van der Waals surface area contributed by atoms with Gasteiger partial charge in [-0.25, -0.2) is 9.78 Å². The minimum atomic E-state index is -1.13. The fraction of sp³-hybridized carbons (Fsp3) is 0.462. The number of aliphatic carboxylic acids is 1. The van der Waals surface area contributed by atoms with E-state index in [0.717, 1.165) is 43.7 Å². The van der Waals surface area contributed by atoms with E-state index >= 15 is 0 Å². The second-order valence-electron chi connectivity index (χ2n) is 9.57. The van der Waals surface area contributed by atoms with Crippen LogP contribution in [0.5, 0.6) is 0 Å². The average Bonchev–Trinajstić information content (AvgIpc) is 3.34. The highest BCUT2D eigenvalue weighted by Crippen LogP contribution is 2.37. The van der Waals surface area contributed by atoms with Gasteiger partial charge in [0.25, 0.3) is 0 Å². The fourth-order valence-electron chi connectivity index (χ4n) is 5.15. The number of pyridine rings is 2. The Bertz CT molecular complexity index is 1240. The number of aryl methyl sites for hydroxylation is 2. The number of aromatic amines is 1. The number of H-pyrrole nitrogens is 1. The fourth-order valence-corrected chi connectivity index (χ4v) is 5.15. The Hall–Kier alpha value is -3.50. The lowest BCUT2D eigenvalue weighted by Gasteiger charge is -2.43. The van der Waals surface area contributed by atoms with Gasteiger partial charge in [-0.3, -0.25) is 9.78 Å². The number of hydroxylamine groups is 2. The van der Waals surface area contributed by atoms with E-state index in [4.69, 9.17) is 9.82 Å². The van der Waals surface area contributed by atoms with E-state index in [1.54, 1.807) is 18.3 Å². The Balaban J connectivity index is 1.24. The number of nitrogens with zero attached hydrogens (tertiary/aromatic N) is 3. The molecule has 1 aliphatic carbocycles. The first-order chi connectivity index (χ1) is 17.5. The minimum Gasteiger partial charge on any atom is -0.480 e. The molecule has 36 heavy (non-hydrogen) atoms. The number of carbonyl (C=O) groups is 2. The SMILES string of the molecule is O=C(ON(C1CC(CCc2ccc3c(n2)NCCC3)C1)[C@@H](CCO)C(=O)O)c1ccnc2cc[nH]c12. The smallest absolute Gasteiger partial charge is 0.359 e. The van der Waals surface area contributed by atoms with Crippen LogP contribution in [0, 0.1) is 5.92 Å². The van der Waals surface area contributed by atoms with Gasteiger partial charge in [0.2, 0.25) is 0 Å². The van der Waals surface area contributed by atoms with Crippen molar-refractivity contribution in [1.29, 1.82) is 0 Å². The summed E-state index contributed by atoms with van der Waals surface area (Å²) < 4.78 is 0. The van der Waals surface area contributed by atoms with Gasteiger partial charge in [-0.1, -0.05) is 6.07 Å². The van der Waals surface area contributed by atoms with Crippen molar-refractivity contribution in [2.75, 3.05) is 18.5 Å². The quantitative estimate of drug-likeness (QED) is 0.314. The Morgan fingerprint density at radius 2 is 2.08 bits per heavy atom. The van der Waals surface area contributed by atoms with Crippen LogP contribution in [-0.2, 0) is 22.5 Å². The Labute approximate surface area is 208 Å². The molecule has 5 rings (SSSR count). The highest BCUT2D eigenvalue weighted by atomic mass is 16.7. The van der Waals surface area contributed by atoms with Crippen LogP contribution in [0.4, 0.5) is 5.82 Å². The summed E-state index contributed by atoms with van der Waals surface area (Å²) >= 11 is 0. The third-order valence-electron chi connectivity index (χ3n) is 7.18. The maximum absolute atomic E-state index is 13.1. The monoisotopic (exact) mass is 493 g/mol. The predicted octanol–water partition coefficient (Wildman–Crippen LogP) is 2.94. The molecule has 190 valence electrons. The van der Waals surface area contributed by atoms with Gasteiger partial charge in [-0.05, 0) is 74.6 Å². The molecule has 4 heterocycles. The van der Waals surface area contributed by atoms with Crippen molar-refractivity contribution in [3.63, 3.8) is 0 Å². The average molecular weight is 494 g/mol. The molecule has 0 bridgehead atoms. The molecule has 1 atom stereocenters. The van der Waals surface area contributed by atoms with Crippen molar-refractivity contribution < 1.29 is 24.6 Å². The molecule has 0 spiro atoms. The summed E-state index contributed by atoms with van der Waals surface area (Å²) in [6.45, 7) is 0.630. The first-order valence-electron chi connectivity index (χ1n) is 12.5. The number of rotatable bonds is 10. The molecule has 0 unspecified atom stereocenters. The molecule has 3 aromatic heterocycles. The lowest BCUT2D eigenvalue weighted by atomic mass is 9.76. The number of carboxylic acids is 1. The van der Waals surface area contributed by atoms with Gasteiger partial charge in [-0.2, -0.15) is 0 Å². The summed E-state index contributed by atoms with van der Waals surface area (Å²) in [4.78, 5) is 42.7. The van der Waals surface area contributed by atoms with E-state index in [-0.39, 0.29) is 24.6 Å². The topological polar surface area (TPSA) is 141 Å². The number of nitrogens with one attached hydrogen (secondary N) is 2. The van der Waals surface area contributed by atoms with E-state index in [1.807, 2.05) is 0 Å². The Morgan fingerprint density at radius 3 is 2.89 bits per heavy atom. The number of aliphatic hydroxyl groups is 1. The third kappa shape index (κ3) is 5.05. The summed E-state index contributed by atoms with van der Waals surface area (Å²) in [6, 6.07) is 6.19. The maximum Gasteiger partial charge on any atom is 0.359 e. The van der Waals surface area contributed by atoms with Crippen LogP contribution < -0.4 is 5.32 Å². The first-order valence-corrected chi connectivity index (χ1v) is 12.5. The zero-order chi connectivity index (χ0) is 25.1. The predicted molar refractivity (Wildman–Crippen MR) is 132 cm³/mol. The second kappa shape index (κ2) is 10.6. The van der Waals surface area contributed by atoms with Gasteiger partial charge in [0.05, 0.1) is 16.6 Å². The molecule has 10 heteroatoms. The normalized spacial score (nSPS) is 19.8. The highest BCUT2D eigenvalue weighted by molar-refractivity contribution is 6.01. The van der Waals surface area contributed by atoms with Crippen molar-refractivity contribution >= 4 is 28.8 Å². The van der Waals surface area contributed by atoms with Crippen LogP contribution in [0.3, 0.4) is 0 Å². The molecular formula is C26H31N5O5. The molecular weight excluding hydrogens is 462 g/mol. The van der Waals surface area contributed by atoms with Crippen molar-refractivity contribution in [2.45, 2.75) is 57.0 Å². The molecule has 3 aromatic rings.